The average molecular weight is 431 g/mol. The number of hydrogen-bond donors (Lipinski definition) is 1. The van der Waals surface area contributed by atoms with E-state index in [0.717, 1.165) is 36.3 Å². The van der Waals surface area contributed by atoms with Crippen LogP contribution in [-0.2, 0) is 4.79 Å². The van der Waals surface area contributed by atoms with Crippen LogP contribution >= 0.6 is 15.9 Å². The van der Waals surface area contributed by atoms with Crippen LogP contribution in [0.25, 0.3) is 0 Å². The van der Waals surface area contributed by atoms with Crippen molar-refractivity contribution in [3.63, 3.8) is 0 Å². The second kappa shape index (κ2) is 9.27. The van der Waals surface area contributed by atoms with Crippen LogP contribution in [0, 0.1) is 19.8 Å². The van der Waals surface area contributed by atoms with Gasteiger partial charge in [0.05, 0.1) is 13.0 Å². The van der Waals surface area contributed by atoms with E-state index in [-0.39, 0.29) is 5.91 Å². The molecule has 0 spiro atoms. The molecule has 0 bridgehead atoms. The molecular formula is C22H27BrN2O2. The maximum absolute atomic E-state index is 12.1. The van der Waals surface area contributed by atoms with Crippen molar-refractivity contribution < 1.29 is 9.53 Å². The summed E-state index contributed by atoms with van der Waals surface area (Å²) in [6.07, 6.45) is 1.49. The summed E-state index contributed by atoms with van der Waals surface area (Å²) < 4.78 is 6.79. The number of anilines is 1. The van der Waals surface area contributed by atoms with Crippen LogP contribution in [0.1, 0.15) is 24.0 Å². The van der Waals surface area contributed by atoms with Gasteiger partial charge < -0.3 is 15.0 Å². The fraction of sp³-hybridized carbons (Fsp3) is 0.409. The Bertz CT molecular complexity index is 794. The molecule has 1 heterocycles. The van der Waals surface area contributed by atoms with E-state index in [1.54, 1.807) is 0 Å². The first-order chi connectivity index (χ1) is 13.0. The van der Waals surface area contributed by atoms with Crippen molar-refractivity contribution in [1.82, 2.24) is 5.32 Å². The van der Waals surface area contributed by atoms with Crippen LogP contribution in [0.5, 0.6) is 5.75 Å². The Balaban J connectivity index is 1.36. The molecule has 2 aromatic carbocycles. The summed E-state index contributed by atoms with van der Waals surface area (Å²) >= 11 is 3.53. The van der Waals surface area contributed by atoms with Crippen molar-refractivity contribution >= 4 is 27.5 Å². The number of hydrogen-bond acceptors (Lipinski definition) is 3. The number of carbonyl (C=O) groups is 1. The SMILES string of the molecule is Cc1ccc(OCCC(=O)NCC2CCN(c3cccc(Br)c3)C2)cc1C. The quantitative estimate of drug-likeness (QED) is 0.703. The number of ether oxygens (including phenoxy) is 1. The Labute approximate surface area is 170 Å². The largest absolute Gasteiger partial charge is 0.493 e. The summed E-state index contributed by atoms with van der Waals surface area (Å²) in [6.45, 7) is 7.29. The fourth-order valence-corrected chi connectivity index (χ4v) is 3.71. The normalized spacial score (nSPS) is 16.4. The van der Waals surface area contributed by atoms with Gasteiger partial charge in [-0.1, -0.05) is 28.1 Å². The molecule has 3 rings (SSSR count). The van der Waals surface area contributed by atoms with E-state index in [1.807, 2.05) is 24.3 Å². The second-order valence-electron chi connectivity index (χ2n) is 7.23. The van der Waals surface area contributed by atoms with Gasteiger partial charge in [0.2, 0.25) is 5.91 Å². The first-order valence-corrected chi connectivity index (χ1v) is 10.3. The summed E-state index contributed by atoms with van der Waals surface area (Å²) in [5.74, 6) is 1.37. The molecule has 0 aliphatic carbocycles. The highest BCUT2D eigenvalue weighted by Crippen LogP contribution is 2.26. The van der Waals surface area contributed by atoms with Gasteiger partial charge in [-0.25, -0.2) is 0 Å². The molecule has 1 fully saturated rings. The highest BCUT2D eigenvalue weighted by atomic mass is 79.9. The zero-order valence-electron chi connectivity index (χ0n) is 16.0. The first-order valence-electron chi connectivity index (χ1n) is 9.48. The lowest BCUT2D eigenvalue weighted by molar-refractivity contribution is -0.121. The molecule has 1 aliphatic rings. The van der Waals surface area contributed by atoms with Gasteiger partial charge in [-0.05, 0) is 67.6 Å². The zero-order chi connectivity index (χ0) is 19.2. The Kier molecular flexibility index (Phi) is 6.78. The maximum atomic E-state index is 12.1. The Morgan fingerprint density at radius 1 is 1.22 bits per heavy atom. The lowest BCUT2D eigenvalue weighted by atomic mass is 10.1. The van der Waals surface area contributed by atoms with Crippen LogP contribution in [0.15, 0.2) is 46.9 Å². The molecule has 2 aromatic rings. The van der Waals surface area contributed by atoms with Gasteiger partial charge >= 0.3 is 0 Å². The van der Waals surface area contributed by atoms with Crippen molar-refractivity contribution in [1.29, 1.82) is 0 Å². The minimum absolute atomic E-state index is 0.0553. The molecule has 0 aromatic heterocycles. The van der Waals surface area contributed by atoms with E-state index < -0.39 is 0 Å². The summed E-state index contributed by atoms with van der Waals surface area (Å²) in [7, 11) is 0. The maximum Gasteiger partial charge on any atom is 0.223 e. The summed E-state index contributed by atoms with van der Waals surface area (Å²) in [5, 5.41) is 3.06. The standard InChI is InChI=1S/C22H27BrN2O2/c1-16-6-7-21(12-17(16)2)27-11-9-22(26)24-14-18-8-10-25(15-18)20-5-3-4-19(23)13-20/h3-7,12-13,18H,8-11,14-15H2,1-2H3,(H,24,26). The number of amides is 1. The predicted molar refractivity (Wildman–Crippen MR) is 113 cm³/mol. The Morgan fingerprint density at radius 3 is 2.85 bits per heavy atom. The van der Waals surface area contributed by atoms with Gasteiger partial charge in [0.25, 0.3) is 0 Å². The van der Waals surface area contributed by atoms with E-state index in [2.05, 4.69) is 58.2 Å². The van der Waals surface area contributed by atoms with E-state index in [4.69, 9.17) is 4.74 Å². The molecule has 1 aliphatic heterocycles. The van der Waals surface area contributed by atoms with Crippen molar-refractivity contribution in [2.45, 2.75) is 26.7 Å². The molecule has 5 heteroatoms. The number of benzene rings is 2. The fourth-order valence-electron chi connectivity index (χ4n) is 3.32. The van der Waals surface area contributed by atoms with Crippen LogP contribution in [0.2, 0.25) is 0 Å². The molecule has 1 amide bonds. The van der Waals surface area contributed by atoms with Gasteiger partial charge in [-0.3, -0.25) is 4.79 Å². The lowest BCUT2D eigenvalue weighted by Gasteiger charge is -2.19. The molecule has 0 saturated carbocycles. The number of nitrogens with one attached hydrogen (secondary N) is 1. The van der Waals surface area contributed by atoms with Crippen molar-refractivity contribution in [3.8, 4) is 5.75 Å². The smallest absolute Gasteiger partial charge is 0.223 e. The van der Waals surface area contributed by atoms with Crippen LogP contribution in [0.4, 0.5) is 5.69 Å². The van der Waals surface area contributed by atoms with E-state index in [0.29, 0.717) is 18.9 Å². The second-order valence-corrected chi connectivity index (χ2v) is 8.14. The van der Waals surface area contributed by atoms with Gasteiger partial charge in [-0.2, -0.15) is 0 Å². The molecular weight excluding hydrogens is 404 g/mol. The van der Waals surface area contributed by atoms with E-state index in [9.17, 15) is 4.79 Å². The summed E-state index contributed by atoms with van der Waals surface area (Å²) in [6, 6.07) is 14.4. The monoisotopic (exact) mass is 430 g/mol. The zero-order valence-corrected chi connectivity index (χ0v) is 17.6. The number of aryl methyl sites for hydroxylation is 2. The summed E-state index contributed by atoms with van der Waals surface area (Å²) in [4.78, 5) is 14.5. The third-order valence-corrected chi connectivity index (χ3v) is 5.62. The number of halogens is 1. The third-order valence-electron chi connectivity index (χ3n) is 5.12. The van der Waals surface area contributed by atoms with Gasteiger partial charge in [0.1, 0.15) is 5.75 Å². The molecule has 4 nitrogen and oxygen atoms in total. The third kappa shape index (κ3) is 5.73. The molecule has 144 valence electrons. The molecule has 1 saturated heterocycles. The molecule has 0 radical (unpaired) electrons. The first kappa shape index (κ1) is 19.7. The highest BCUT2D eigenvalue weighted by Gasteiger charge is 2.23. The topological polar surface area (TPSA) is 41.6 Å². The molecule has 1 N–H and O–H groups in total. The minimum Gasteiger partial charge on any atom is -0.493 e. The Hall–Kier alpha value is -2.01. The van der Waals surface area contributed by atoms with Crippen LogP contribution in [0.3, 0.4) is 0 Å². The molecule has 1 atom stereocenters. The number of rotatable bonds is 7. The minimum atomic E-state index is 0.0553. The van der Waals surface area contributed by atoms with Gasteiger partial charge in [-0.15, -0.1) is 0 Å². The predicted octanol–water partition coefficient (Wildman–Crippen LogP) is 4.48. The van der Waals surface area contributed by atoms with E-state index >= 15 is 0 Å². The van der Waals surface area contributed by atoms with Crippen molar-refractivity contribution in [2.75, 3.05) is 31.1 Å². The van der Waals surface area contributed by atoms with Gasteiger partial charge in [0, 0.05) is 29.8 Å². The number of nitrogens with zero attached hydrogens (tertiary/aromatic N) is 1. The number of carbonyl (C=O) groups excluding carboxylic acids is 1. The molecule has 1 unspecified atom stereocenters. The Morgan fingerprint density at radius 2 is 2.07 bits per heavy atom. The van der Waals surface area contributed by atoms with Crippen molar-refractivity contribution in [2.24, 2.45) is 5.92 Å². The van der Waals surface area contributed by atoms with Crippen LogP contribution < -0.4 is 15.0 Å². The highest BCUT2D eigenvalue weighted by molar-refractivity contribution is 9.10. The average Bonchev–Trinajstić information content (AvgIpc) is 3.12. The summed E-state index contributed by atoms with van der Waals surface area (Å²) in [5.41, 5.74) is 3.68. The molecule has 27 heavy (non-hydrogen) atoms. The van der Waals surface area contributed by atoms with E-state index in [1.165, 1.54) is 16.8 Å². The van der Waals surface area contributed by atoms with Crippen LogP contribution in [-0.4, -0.2) is 32.1 Å². The van der Waals surface area contributed by atoms with Crippen molar-refractivity contribution in [3.05, 3.63) is 58.1 Å². The van der Waals surface area contributed by atoms with Gasteiger partial charge in [0.15, 0.2) is 0 Å². The lowest BCUT2D eigenvalue weighted by Crippen LogP contribution is -2.31.